The molecular weight excluding hydrogens is 328 g/mol. The highest BCUT2D eigenvalue weighted by Crippen LogP contribution is 2.29. The van der Waals surface area contributed by atoms with Crippen molar-refractivity contribution in [2.45, 2.75) is 31.7 Å². The molecule has 0 bridgehead atoms. The van der Waals surface area contributed by atoms with Gasteiger partial charge in [-0.2, -0.15) is 5.26 Å². The van der Waals surface area contributed by atoms with Gasteiger partial charge >= 0.3 is 0 Å². The Morgan fingerprint density at radius 1 is 1.29 bits per heavy atom. The summed E-state index contributed by atoms with van der Waals surface area (Å²) in [7, 11) is 0. The number of ketones is 1. The maximum atomic E-state index is 12.7. The number of benzene rings is 1. The Labute approximate surface area is 143 Å². The molecule has 0 aliphatic heterocycles. The minimum Gasteiger partial charge on any atom is -0.507 e. The van der Waals surface area contributed by atoms with Gasteiger partial charge in [-0.15, -0.1) is 0 Å². The van der Waals surface area contributed by atoms with Gasteiger partial charge in [0, 0.05) is 22.8 Å². The molecule has 5 nitrogen and oxygen atoms in total. The fourth-order valence-corrected chi connectivity index (χ4v) is 3.28. The Morgan fingerprint density at radius 3 is 2.67 bits per heavy atom. The minimum absolute atomic E-state index is 0.00492. The largest absolute Gasteiger partial charge is 0.507 e. The molecule has 2 aromatic rings. The SMILES string of the molecule is N#Cc1cc(C(=O)c2cc(Cl)ccc2O)cn(C2CCCC2)c1=O. The summed E-state index contributed by atoms with van der Waals surface area (Å²) in [6.45, 7) is 0. The lowest BCUT2D eigenvalue weighted by Gasteiger charge is -2.15. The lowest BCUT2D eigenvalue weighted by molar-refractivity contribution is 0.103. The molecule has 3 rings (SSSR count). The third-order valence-electron chi connectivity index (χ3n) is 4.35. The standard InChI is InChI=1S/C18H15ClN2O3/c19-13-5-6-16(22)15(8-13)17(23)12-7-11(9-20)18(24)21(10-12)14-3-1-2-4-14/h5-8,10,14,22H,1-4H2. The molecule has 1 fully saturated rings. The van der Waals surface area contributed by atoms with Crippen molar-refractivity contribution in [1.82, 2.24) is 4.57 Å². The van der Waals surface area contributed by atoms with Crippen molar-refractivity contribution in [3.05, 3.63) is 62.5 Å². The highest BCUT2D eigenvalue weighted by Gasteiger charge is 2.22. The summed E-state index contributed by atoms with van der Waals surface area (Å²) in [5, 5.41) is 19.5. The summed E-state index contributed by atoms with van der Waals surface area (Å²) in [5.41, 5.74) is -0.218. The van der Waals surface area contributed by atoms with Crippen molar-refractivity contribution in [3.63, 3.8) is 0 Å². The van der Waals surface area contributed by atoms with Gasteiger partial charge in [0.15, 0.2) is 5.78 Å². The second-order valence-electron chi connectivity index (χ2n) is 5.90. The number of aromatic nitrogens is 1. The molecule has 1 aromatic carbocycles. The number of nitriles is 1. The van der Waals surface area contributed by atoms with Gasteiger partial charge in [-0.3, -0.25) is 9.59 Å². The van der Waals surface area contributed by atoms with Crippen LogP contribution < -0.4 is 5.56 Å². The number of hydrogen-bond acceptors (Lipinski definition) is 4. The molecule has 1 aliphatic rings. The van der Waals surface area contributed by atoms with Gasteiger partial charge < -0.3 is 9.67 Å². The van der Waals surface area contributed by atoms with Gasteiger partial charge in [0.25, 0.3) is 5.56 Å². The van der Waals surface area contributed by atoms with E-state index >= 15 is 0 Å². The van der Waals surface area contributed by atoms with Crippen LogP contribution in [0.1, 0.15) is 53.2 Å². The van der Waals surface area contributed by atoms with Crippen molar-refractivity contribution in [1.29, 1.82) is 5.26 Å². The quantitative estimate of drug-likeness (QED) is 0.866. The van der Waals surface area contributed by atoms with Gasteiger partial charge in [-0.25, -0.2) is 0 Å². The molecule has 1 aliphatic carbocycles. The summed E-state index contributed by atoms with van der Waals surface area (Å²) in [5.74, 6) is -0.667. The zero-order valence-corrected chi connectivity index (χ0v) is 13.6. The number of aromatic hydroxyl groups is 1. The van der Waals surface area contributed by atoms with Crippen molar-refractivity contribution >= 4 is 17.4 Å². The molecule has 1 heterocycles. The van der Waals surface area contributed by atoms with Crippen LogP contribution in [0.4, 0.5) is 0 Å². The summed E-state index contributed by atoms with van der Waals surface area (Å²) >= 11 is 5.90. The van der Waals surface area contributed by atoms with E-state index < -0.39 is 5.78 Å². The zero-order chi connectivity index (χ0) is 17.3. The highest BCUT2D eigenvalue weighted by molar-refractivity contribution is 6.31. The smallest absolute Gasteiger partial charge is 0.268 e. The molecule has 1 aromatic heterocycles. The Morgan fingerprint density at radius 2 is 2.00 bits per heavy atom. The van der Waals surface area contributed by atoms with E-state index in [0.717, 1.165) is 25.7 Å². The van der Waals surface area contributed by atoms with E-state index in [1.165, 1.54) is 35.0 Å². The molecule has 0 saturated heterocycles. The lowest BCUT2D eigenvalue weighted by atomic mass is 10.0. The third-order valence-corrected chi connectivity index (χ3v) is 4.58. The Bertz CT molecular complexity index is 905. The van der Waals surface area contributed by atoms with Crippen LogP contribution in [0.5, 0.6) is 5.75 Å². The Hall–Kier alpha value is -2.58. The number of rotatable bonds is 3. The molecule has 0 spiro atoms. The molecular formula is C18H15ClN2O3. The first-order valence-electron chi connectivity index (χ1n) is 7.71. The maximum absolute atomic E-state index is 12.7. The van der Waals surface area contributed by atoms with Crippen molar-refractivity contribution in [2.24, 2.45) is 0 Å². The molecule has 1 N–H and O–H groups in total. The number of nitrogens with zero attached hydrogens (tertiary/aromatic N) is 2. The van der Waals surface area contributed by atoms with Crippen LogP contribution in [-0.2, 0) is 0 Å². The fourth-order valence-electron chi connectivity index (χ4n) is 3.11. The summed E-state index contributed by atoms with van der Waals surface area (Å²) in [6, 6.07) is 7.33. The van der Waals surface area contributed by atoms with Crippen LogP contribution >= 0.6 is 11.6 Å². The van der Waals surface area contributed by atoms with E-state index in [9.17, 15) is 20.0 Å². The number of halogens is 1. The van der Waals surface area contributed by atoms with Crippen molar-refractivity contribution in [3.8, 4) is 11.8 Å². The van der Waals surface area contributed by atoms with E-state index in [1.54, 1.807) is 0 Å². The first-order valence-corrected chi connectivity index (χ1v) is 8.08. The van der Waals surface area contributed by atoms with Gasteiger partial charge in [0.2, 0.25) is 0 Å². The molecule has 0 unspecified atom stereocenters. The van der Waals surface area contributed by atoms with Crippen LogP contribution in [0.25, 0.3) is 0 Å². The predicted molar refractivity (Wildman–Crippen MR) is 89.5 cm³/mol. The minimum atomic E-state index is -0.474. The second kappa shape index (κ2) is 6.50. The van der Waals surface area contributed by atoms with E-state index in [4.69, 9.17) is 11.6 Å². The number of carbonyl (C=O) groups is 1. The second-order valence-corrected chi connectivity index (χ2v) is 6.33. The number of hydrogen-bond donors (Lipinski definition) is 1. The normalized spacial score (nSPS) is 14.5. The first kappa shape index (κ1) is 16.3. The summed E-state index contributed by atoms with van der Waals surface area (Å²) in [4.78, 5) is 25.1. The van der Waals surface area contributed by atoms with Crippen LogP contribution in [-0.4, -0.2) is 15.5 Å². The van der Waals surface area contributed by atoms with Crippen LogP contribution in [0.2, 0.25) is 5.02 Å². The Balaban J connectivity index is 2.12. The molecule has 24 heavy (non-hydrogen) atoms. The van der Waals surface area contributed by atoms with Gasteiger partial charge in [-0.05, 0) is 37.1 Å². The zero-order valence-electron chi connectivity index (χ0n) is 12.8. The molecule has 0 amide bonds. The predicted octanol–water partition coefficient (Wildman–Crippen LogP) is 3.43. The van der Waals surface area contributed by atoms with Crippen LogP contribution in [0, 0.1) is 11.3 Å². The molecule has 0 atom stereocenters. The van der Waals surface area contributed by atoms with Gasteiger partial charge in [-0.1, -0.05) is 24.4 Å². The summed E-state index contributed by atoms with van der Waals surface area (Å²) in [6.07, 6.45) is 5.23. The summed E-state index contributed by atoms with van der Waals surface area (Å²) < 4.78 is 1.49. The van der Waals surface area contributed by atoms with Gasteiger partial charge in [0.05, 0.1) is 5.56 Å². The molecule has 1 saturated carbocycles. The maximum Gasteiger partial charge on any atom is 0.268 e. The average Bonchev–Trinajstić information content (AvgIpc) is 3.11. The average molecular weight is 343 g/mol. The van der Waals surface area contributed by atoms with E-state index in [2.05, 4.69) is 0 Å². The number of phenolic OH excluding ortho intramolecular Hbond substituents is 1. The highest BCUT2D eigenvalue weighted by atomic mass is 35.5. The monoisotopic (exact) mass is 342 g/mol. The van der Waals surface area contributed by atoms with Crippen LogP contribution in [0.15, 0.2) is 35.3 Å². The molecule has 0 radical (unpaired) electrons. The molecule has 6 heteroatoms. The lowest BCUT2D eigenvalue weighted by Crippen LogP contribution is -2.26. The molecule has 122 valence electrons. The van der Waals surface area contributed by atoms with E-state index in [0.29, 0.717) is 5.02 Å². The fraction of sp³-hybridized carbons (Fsp3) is 0.278. The number of carbonyl (C=O) groups excluding carboxylic acids is 1. The number of phenols is 1. The van der Waals surface area contributed by atoms with E-state index in [-0.39, 0.29) is 34.0 Å². The first-order chi connectivity index (χ1) is 11.5. The van der Waals surface area contributed by atoms with Gasteiger partial charge in [0.1, 0.15) is 17.4 Å². The van der Waals surface area contributed by atoms with E-state index in [1.807, 2.05) is 6.07 Å². The van der Waals surface area contributed by atoms with Crippen molar-refractivity contribution in [2.75, 3.05) is 0 Å². The Kier molecular flexibility index (Phi) is 4.41. The van der Waals surface area contributed by atoms with Crippen LogP contribution in [0.3, 0.4) is 0 Å². The third kappa shape index (κ3) is 2.93. The van der Waals surface area contributed by atoms with Crippen molar-refractivity contribution < 1.29 is 9.90 Å². The number of pyridine rings is 1. The topological polar surface area (TPSA) is 83.1 Å².